The number of rotatable bonds is 0. The summed E-state index contributed by atoms with van der Waals surface area (Å²) in [5.74, 6) is 0.125. The normalized spacial score (nSPS) is 6.77. The predicted molar refractivity (Wildman–Crippen MR) is 51.8 cm³/mol. The van der Waals surface area contributed by atoms with Gasteiger partial charge in [-0.25, -0.2) is 0 Å². The van der Waals surface area contributed by atoms with Crippen molar-refractivity contribution in [2.75, 3.05) is 17.2 Å². The van der Waals surface area contributed by atoms with E-state index in [9.17, 15) is 0 Å². The van der Waals surface area contributed by atoms with Crippen molar-refractivity contribution in [2.24, 2.45) is 0 Å². The Labute approximate surface area is 93.4 Å². The Kier molecular flexibility index (Phi) is 12.2. The van der Waals surface area contributed by atoms with Gasteiger partial charge in [0.05, 0.1) is 0 Å². The van der Waals surface area contributed by atoms with Gasteiger partial charge in [-0.05, 0) is 0 Å². The van der Waals surface area contributed by atoms with Crippen LogP contribution in [0.3, 0.4) is 0 Å². The van der Waals surface area contributed by atoms with Gasteiger partial charge in [0.15, 0.2) is 0 Å². The Balaban J connectivity index is -0.0000000526. The van der Waals surface area contributed by atoms with Crippen LogP contribution in [0.4, 0.5) is 17.8 Å². The maximum Gasteiger partial charge on any atom is 2.00 e. The number of aromatic nitrogens is 3. The van der Waals surface area contributed by atoms with Crippen LogP contribution in [0.25, 0.3) is 0 Å². The quantitative estimate of drug-likeness (QED) is 0.388. The van der Waals surface area contributed by atoms with E-state index in [4.69, 9.17) is 22.0 Å². The van der Waals surface area contributed by atoms with Crippen molar-refractivity contribution >= 4 is 47.7 Å². The summed E-state index contributed by atoms with van der Waals surface area (Å²) in [6.45, 7) is 2.00. The molecule has 72 valence electrons. The summed E-state index contributed by atoms with van der Waals surface area (Å²) in [6, 6.07) is 0. The van der Waals surface area contributed by atoms with Crippen LogP contribution in [-0.4, -0.2) is 50.3 Å². The number of carbonyl (C=O) groups is 1. The summed E-state index contributed by atoms with van der Waals surface area (Å²) < 4.78 is 0. The Hall–Kier alpha value is -1.19. The van der Waals surface area contributed by atoms with Crippen molar-refractivity contribution in [3.63, 3.8) is 0 Å². The molecule has 0 aliphatic carbocycles. The molecule has 1 heterocycles. The van der Waals surface area contributed by atoms with E-state index < -0.39 is 0 Å². The number of hydrogen-bond donors (Lipinski definition) is 3. The number of nitrogens with two attached hydrogens (primary N) is 3. The van der Waals surface area contributed by atoms with Crippen LogP contribution >= 0.6 is 0 Å². The van der Waals surface area contributed by atoms with E-state index in [1.54, 1.807) is 0 Å². The molecule has 8 nitrogen and oxygen atoms in total. The monoisotopic (exact) mass is 200 g/mol. The van der Waals surface area contributed by atoms with E-state index >= 15 is 0 Å². The minimum atomic E-state index is 0. The van der Waals surface area contributed by atoms with E-state index in [2.05, 4.69) is 15.0 Å². The minimum Gasteiger partial charge on any atom is -1.00 e. The Bertz CT molecular complexity index is 204. The fourth-order valence-electron chi connectivity index (χ4n) is 0.427. The first-order valence-electron chi connectivity index (χ1n) is 2.50. The van der Waals surface area contributed by atoms with E-state index in [1.807, 2.05) is 6.79 Å². The first kappa shape index (κ1) is 17.8. The van der Waals surface area contributed by atoms with Gasteiger partial charge < -0.3 is 30.3 Å². The number of hydrogen-bond acceptors (Lipinski definition) is 7. The van der Waals surface area contributed by atoms with E-state index in [0.717, 1.165) is 0 Å². The molecule has 0 aliphatic rings. The van der Waals surface area contributed by atoms with Gasteiger partial charge in [0.2, 0.25) is 17.8 Å². The summed E-state index contributed by atoms with van der Waals surface area (Å²) in [5, 5.41) is 0. The molecular formula is C4H12MgN6O2. The second-order valence-corrected chi connectivity index (χ2v) is 1.41. The van der Waals surface area contributed by atoms with Crippen molar-refractivity contribution in [1.82, 2.24) is 15.0 Å². The van der Waals surface area contributed by atoms with Crippen LogP contribution in [0.1, 0.15) is 2.85 Å². The van der Waals surface area contributed by atoms with Crippen LogP contribution in [-0.2, 0) is 4.79 Å². The summed E-state index contributed by atoms with van der Waals surface area (Å²) in [5.41, 5.74) is 15.4. The third-order valence-electron chi connectivity index (χ3n) is 0.687. The Morgan fingerprint density at radius 1 is 0.923 bits per heavy atom. The van der Waals surface area contributed by atoms with E-state index in [-0.39, 0.29) is 49.2 Å². The molecule has 1 rings (SSSR count). The molecule has 0 saturated heterocycles. The van der Waals surface area contributed by atoms with Crippen molar-refractivity contribution in [1.29, 1.82) is 0 Å². The fraction of sp³-hybridized carbons (Fsp3) is 0. The zero-order chi connectivity index (χ0) is 8.85. The van der Waals surface area contributed by atoms with Crippen LogP contribution < -0.4 is 17.2 Å². The second kappa shape index (κ2) is 8.90. The number of nitrogen functional groups attached to an aromatic ring is 3. The zero-order valence-corrected chi connectivity index (χ0v) is 8.31. The van der Waals surface area contributed by atoms with Crippen LogP contribution in [0, 0.1) is 0 Å². The molecule has 0 spiro atoms. The van der Waals surface area contributed by atoms with Crippen molar-refractivity contribution in [3.8, 4) is 0 Å². The molecule has 9 heteroatoms. The molecule has 0 radical (unpaired) electrons. The van der Waals surface area contributed by atoms with Gasteiger partial charge in [-0.2, -0.15) is 15.0 Å². The number of anilines is 3. The molecular weight excluding hydrogens is 188 g/mol. The molecule has 0 fully saturated rings. The second-order valence-electron chi connectivity index (χ2n) is 1.41. The molecule has 0 aliphatic heterocycles. The minimum absolute atomic E-state index is 0. The molecule has 0 bridgehead atoms. The summed E-state index contributed by atoms with van der Waals surface area (Å²) >= 11 is 0. The Morgan fingerprint density at radius 2 is 1.08 bits per heavy atom. The van der Waals surface area contributed by atoms with Gasteiger partial charge in [-0.1, -0.05) is 0 Å². The average Bonchev–Trinajstić information content (AvgIpc) is 1.88. The van der Waals surface area contributed by atoms with Crippen LogP contribution in [0.15, 0.2) is 0 Å². The standard InChI is InChI=1S/C3H6N6.CH2O.Mg.H2O.2H/c4-1-7-2(5)9-3(6)8-1;1-2;;;;/h(H6,4,5,6,7,8,9);1H2;;1H2;;/q;;+2;;2*-1. The molecule has 1 aromatic rings. The van der Waals surface area contributed by atoms with Gasteiger partial charge in [0, 0.05) is 0 Å². The third kappa shape index (κ3) is 7.18. The van der Waals surface area contributed by atoms with Crippen LogP contribution in [0.5, 0.6) is 0 Å². The SMILES string of the molecule is C=O.Nc1nc(N)nc(N)n1.O.[H-].[H-].[Mg+2]. The molecule has 1 aromatic heterocycles. The predicted octanol–water partition coefficient (Wildman–Crippen LogP) is -2.55. The average molecular weight is 200 g/mol. The summed E-state index contributed by atoms with van der Waals surface area (Å²) in [4.78, 5) is 18.5. The largest absolute Gasteiger partial charge is 2.00 e. The van der Waals surface area contributed by atoms with Gasteiger partial charge in [-0.3, -0.25) is 0 Å². The van der Waals surface area contributed by atoms with E-state index in [1.165, 1.54) is 0 Å². The first-order chi connectivity index (χ1) is 5.18. The van der Waals surface area contributed by atoms with Crippen molar-refractivity contribution in [2.45, 2.75) is 0 Å². The molecule has 0 saturated carbocycles. The molecule has 0 atom stereocenters. The molecule has 8 N–H and O–H groups in total. The fourth-order valence-corrected chi connectivity index (χ4v) is 0.427. The van der Waals surface area contributed by atoms with Crippen LogP contribution in [0.2, 0.25) is 0 Å². The topological polar surface area (TPSA) is 165 Å². The zero-order valence-electron chi connectivity index (χ0n) is 8.90. The van der Waals surface area contributed by atoms with Gasteiger partial charge in [-0.15, -0.1) is 0 Å². The maximum absolute atomic E-state index is 8.00. The molecule has 13 heavy (non-hydrogen) atoms. The number of carbonyl (C=O) groups excluding carboxylic acids is 1. The van der Waals surface area contributed by atoms with Crippen molar-refractivity contribution < 1.29 is 13.1 Å². The van der Waals surface area contributed by atoms with E-state index in [0.29, 0.717) is 0 Å². The maximum atomic E-state index is 8.00. The van der Waals surface area contributed by atoms with Gasteiger partial charge in [0.1, 0.15) is 6.79 Å². The summed E-state index contributed by atoms with van der Waals surface area (Å²) in [6.07, 6.45) is 0. The van der Waals surface area contributed by atoms with Crippen molar-refractivity contribution in [3.05, 3.63) is 0 Å². The number of nitrogens with zero attached hydrogens (tertiary/aromatic N) is 3. The van der Waals surface area contributed by atoms with Gasteiger partial charge >= 0.3 is 23.1 Å². The summed E-state index contributed by atoms with van der Waals surface area (Å²) in [7, 11) is 0. The third-order valence-corrected chi connectivity index (χ3v) is 0.687. The Morgan fingerprint density at radius 3 is 1.23 bits per heavy atom. The first-order valence-corrected chi connectivity index (χ1v) is 2.50. The molecule has 0 amide bonds. The molecule has 0 unspecified atom stereocenters. The smallest absolute Gasteiger partial charge is 1.00 e. The molecule has 0 aromatic carbocycles. The van der Waals surface area contributed by atoms with Gasteiger partial charge in [0.25, 0.3) is 0 Å².